The lowest BCUT2D eigenvalue weighted by molar-refractivity contribution is -0.139. The van der Waals surface area contributed by atoms with Gasteiger partial charge >= 0.3 is 5.97 Å². The quantitative estimate of drug-likeness (QED) is 0.853. The molecule has 5 heteroatoms. The smallest absolute Gasteiger partial charge is 0.303 e. The Morgan fingerprint density at radius 2 is 2.06 bits per heavy atom. The molecule has 0 saturated heterocycles. The van der Waals surface area contributed by atoms with Crippen LogP contribution in [0.15, 0.2) is 0 Å². The summed E-state index contributed by atoms with van der Waals surface area (Å²) in [5.74, 6) is 1.17. The number of carboxylic acids is 1. The van der Waals surface area contributed by atoms with E-state index in [0.29, 0.717) is 6.42 Å². The molecular formula is C12H21N3O2. The highest BCUT2D eigenvalue weighted by Crippen LogP contribution is 2.25. The Morgan fingerprint density at radius 1 is 1.47 bits per heavy atom. The van der Waals surface area contributed by atoms with E-state index in [2.05, 4.69) is 10.1 Å². The monoisotopic (exact) mass is 239 g/mol. The maximum Gasteiger partial charge on any atom is 0.303 e. The molecule has 0 spiro atoms. The molecule has 1 N–H and O–H groups in total. The molecule has 1 heterocycles. The molecule has 0 unspecified atom stereocenters. The van der Waals surface area contributed by atoms with Gasteiger partial charge in [0.2, 0.25) is 0 Å². The molecule has 0 amide bonds. The maximum absolute atomic E-state index is 10.8. The minimum atomic E-state index is -0.777. The summed E-state index contributed by atoms with van der Waals surface area (Å²) in [4.78, 5) is 15.2. The molecular weight excluding hydrogens is 218 g/mol. The van der Waals surface area contributed by atoms with Crippen LogP contribution in [0.4, 0.5) is 0 Å². The third-order valence-corrected chi connectivity index (χ3v) is 2.65. The van der Waals surface area contributed by atoms with Gasteiger partial charge in [0, 0.05) is 19.4 Å². The van der Waals surface area contributed by atoms with Crippen molar-refractivity contribution in [3.63, 3.8) is 0 Å². The van der Waals surface area contributed by atoms with Crippen LogP contribution < -0.4 is 0 Å². The predicted octanol–water partition coefficient (Wildman–Crippen LogP) is 1.98. The summed E-state index contributed by atoms with van der Waals surface area (Å²) in [6.45, 7) is 7.96. The van der Waals surface area contributed by atoms with Crippen LogP contribution in [0.2, 0.25) is 0 Å². The molecule has 0 saturated carbocycles. The number of carbonyl (C=O) groups is 1. The van der Waals surface area contributed by atoms with Crippen molar-refractivity contribution in [2.24, 2.45) is 12.5 Å². The Labute approximate surface area is 102 Å². The van der Waals surface area contributed by atoms with Crippen molar-refractivity contribution in [1.82, 2.24) is 14.8 Å². The normalized spacial score (nSPS) is 12.1. The van der Waals surface area contributed by atoms with Gasteiger partial charge < -0.3 is 5.11 Å². The third-order valence-electron chi connectivity index (χ3n) is 2.65. The Morgan fingerprint density at radius 3 is 2.47 bits per heavy atom. The molecule has 1 aromatic rings. The lowest BCUT2D eigenvalue weighted by Crippen LogP contribution is -2.21. The number of nitrogens with zero attached hydrogens (tertiary/aromatic N) is 3. The zero-order valence-electron chi connectivity index (χ0n) is 11.2. The molecule has 0 atom stereocenters. The molecule has 0 aliphatic rings. The van der Waals surface area contributed by atoms with Crippen LogP contribution in [0.3, 0.4) is 0 Å². The van der Waals surface area contributed by atoms with Crippen molar-refractivity contribution >= 4 is 5.97 Å². The summed E-state index contributed by atoms with van der Waals surface area (Å²) >= 11 is 0. The van der Waals surface area contributed by atoms with Crippen molar-refractivity contribution in [1.29, 1.82) is 0 Å². The van der Waals surface area contributed by atoms with Crippen LogP contribution in [0, 0.1) is 5.41 Å². The molecule has 0 aromatic carbocycles. The van der Waals surface area contributed by atoms with Crippen molar-refractivity contribution in [3.8, 4) is 0 Å². The molecule has 0 bridgehead atoms. The molecule has 0 fully saturated rings. The molecule has 96 valence electrons. The SMILES string of the molecule is CC(C)c1nc(CC(C)(C)CC(=O)O)n(C)n1. The second-order valence-corrected chi connectivity index (χ2v) is 5.58. The lowest BCUT2D eigenvalue weighted by Gasteiger charge is -2.21. The summed E-state index contributed by atoms with van der Waals surface area (Å²) in [5, 5.41) is 13.2. The fourth-order valence-corrected chi connectivity index (χ4v) is 1.74. The van der Waals surface area contributed by atoms with Crippen molar-refractivity contribution in [2.45, 2.75) is 46.5 Å². The van der Waals surface area contributed by atoms with E-state index >= 15 is 0 Å². The predicted molar refractivity (Wildman–Crippen MR) is 64.8 cm³/mol. The molecule has 1 rings (SSSR count). The summed E-state index contributed by atoms with van der Waals surface area (Å²) < 4.78 is 1.75. The van der Waals surface area contributed by atoms with Crippen molar-refractivity contribution in [2.75, 3.05) is 0 Å². The second-order valence-electron chi connectivity index (χ2n) is 5.58. The van der Waals surface area contributed by atoms with Crippen LogP contribution in [0.1, 0.15) is 51.7 Å². The van der Waals surface area contributed by atoms with E-state index in [1.165, 1.54) is 0 Å². The Balaban J connectivity index is 2.84. The summed E-state index contributed by atoms with van der Waals surface area (Å²) in [6, 6.07) is 0. The van der Waals surface area contributed by atoms with E-state index in [4.69, 9.17) is 5.11 Å². The van der Waals surface area contributed by atoms with Gasteiger partial charge in [-0.25, -0.2) is 4.98 Å². The van der Waals surface area contributed by atoms with E-state index in [0.717, 1.165) is 11.6 Å². The van der Waals surface area contributed by atoms with Crippen LogP contribution in [0.5, 0.6) is 0 Å². The lowest BCUT2D eigenvalue weighted by atomic mass is 9.85. The average Bonchev–Trinajstić information content (AvgIpc) is 2.44. The van der Waals surface area contributed by atoms with Gasteiger partial charge in [0.15, 0.2) is 5.82 Å². The minimum absolute atomic E-state index is 0.136. The number of aliphatic carboxylic acids is 1. The van der Waals surface area contributed by atoms with Gasteiger partial charge in [-0.2, -0.15) is 5.10 Å². The van der Waals surface area contributed by atoms with Crippen LogP contribution in [-0.4, -0.2) is 25.8 Å². The van der Waals surface area contributed by atoms with E-state index in [1.807, 2.05) is 34.7 Å². The summed E-state index contributed by atoms with van der Waals surface area (Å²) in [6.07, 6.45) is 0.756. The number of aryl methyl sites for hydroxylation is 1. The van der Waals surface area contributed by atoms with E-state index in [9.17, 15) is 4.79 Å². The maximum atomic E-state index is 10.8. The number of hydrogen-bond acceptors (Lipinski definition) is 3. The van der Waals surface area contributed by atoms with Gasteiger partial charge in [-0.05, 0) is 5.41 Å². The van der Waals surface area contributed by atoms with Gasteiger partial charge in [-0.1, -0.05) is 27.7 Å². The van der Waals surface area contributed by atoms with Crippen molar-refractivity contribution in [3.05, 3.63) is 11.6 Å². The largest absolute Gasteiger partial charge is 0.481 e. The third kappa shape index (κ3) is 3.84. The zero-order valence-corrected chi connectivity index (χ0v) is 11.2. The fourth-order valence-electron chi connectivity index (χ4n) is 1.74. The molecule has 0 aliphatic heterocycles. The number of carboxylic acid groups (broad SMARTS) is 1. The van der Waals surface area contributed by atoms with Gasteiger partial charge in [0.1, 0.15) is 5.82 Å². The summed E-state index contributed by atoms with van der Waals surface area (Å²) in [7, 11) is 1.85. The van der Waals surface area contributed by atoms with Crippen LogP contribution in [-0.2, 0) is 18.3 Å². The van der Waals surface area contributed by atoms with E-state index in [-0.39, 0.29) is 17.8 Å². The van der Waals surface area contributed by atoms with Crippen molar-refractivity contribution < 1.29 is 9.90 Å². The van der Waals surface area contributed by atoms with Gasteiger partial charge in [-0.15, -0.1) is 0 Å². The standard InChI is InChI=1S/C12H21N3O2/c1-8(2)11-13-9(15(5)14-11)6-12(3,4)7-10(16)17/h8H,6-7H2,1-5H3,(H,16,17). The molecule has 5 nitrogen and oxygen atoms in total. The Bertz CT molecular complexity index is 408. The molecule has 17 heavy (non-hydrogen) atoms. The first kappa shape index (κ1) is 13.7. The Hall–Kier alpha value is -1.39. The number of aromatic nitrogens is 3. The first-order valence-corrected chi connectivity index (χ1v) is 5.83. The fraction of sp³-hybridized carbons (Fsp3) is 0.750. The highest BCUT2D eigenvalue weighted by molar-refractivity contribution is 5.67. The van der Waals surface area contributed by atoms with E-state index < -0.39 is 5.97 Å². The van der Waals surface area contributed by atoms with Gasteiger partial charge in [0.05, 0.1) is 6.42 Å². The Kier molecular flexibility index (Phi) is 3.91. The minimum Gasteiger partial charge on any atom is -0.481 e. The molecule has 1 aromatic heterocycles. The van der Waals surface area contributed by atoms with Gasteiger partial charge in [-0.3, -0.25) is 9.48 Å². The molecule has 0 aliphatic carbocycles. The molecule has 0 radical (unpaired) electrons. The first-order valence-electron chi connectivity index (χ1n) is 5.83. The first-order chi connectivity index (χ1) is 7.71. The second kappa shape index (κ2) is 4.85. The summed E-state index contributed by atoms with van der Waals surface area (Å²) in [5.41, 5.74) is -0.305. The number of rotatable bonds is 5. The zero-order chi connectivity index (χ0) is 13.2. The highest BCUT2D eigenvalue weighted by atomic mass is 16.4. The highest BCUT2D eigenvalue weighted by Gasteiger charge is 2.25. The number of hydrogen-bond donors (Lipinski definition) is 1. The topological polar surface area (TPSA) is 68.0 Å². The van der Waals surface area contributed by atoms with Gasteiger partial charge in [0.25, 0.3) is 0 Å². The van der Waals surface area contributed by atoms with Crippen LogP contribution >= 0.6 is 0 Å². The van der Waals surface area contributed by atoms with E-state index in [1.54, 1.807) is 4.68 Å². The van der Waals surface area contributed by atoms with Crippen LogP contribution in [0.25, 0.3) is 0 Å². The average molecular weight is 239 g/mol.